The van der Waals surface area contributed by atoms with Crippen molar-refractivity contribution in [2.24, 2.45) is 0 Å². The van der Waals surface area contributed by atoms with E-state index in [4.69, 9.17) is 4.52 Å². The molecule has 1 fully saturated rings. The van der Waals surface area contributed by atoms with Crippen LogP contribution >= 0.6 is 0 Å². The van der Waals surface area contributed by atoms with E-state index < -0.39 is 5.82 Å². The Bertz CT molecular complexity index is 1490. The van der Waals surface area contributed by atoms with Crippen molar-refractivity contribution in [2.75, 3.05) is 31.5 Å². The number of nitrogens with one attached hydrogen (secondary N) is 1. The van der Waals surface area contributed by atoms with E-state index in [0.717, 1.165) is 10.9 Å². The van der Waals surface area contributed by atoms with E-state index in [1.54, 1.807) is 17.0 Å². The number of aromatic nitrogens is 1. The number of anilines is 1. The molecule has 8 heteroatoms. The van der Waals surface area contributed by atoms with Crippen LogP contribution in [0.5, 0.6) is 0 Å². The van der Waals surface area contributed by atoms with Gasteiger partial charge >= 0.3 is 6.03 Å². The number of benzene rings is 3. The Morgan fingerprint density at radius 1 is 1.00 bits per heavy atom. The van der Waals surface area contributed by atoms with Gasteiger partial charge in [0.05, 0.1) is 11.4 Å². The molecule has 0 aliphatic carbocycles. The Morgan fingerprint density at radius 3 is 2.53 bits per heavy atom. The Kier molecular flexibility index (Phi) is 6.61. The molecule has 3 aromatic carbocycles. The minimum atomic E-state index is -0.584. The first kappa shape index (κ1) is 23.1. The van der Waals surface area contributed by atoms with Crippen molar-refractivity contribution in [3.63, 3.8) is 0 Å². The zero-order valence-electron chi connectivity index (χ0n) is 19.3. The van der Waals surface area contributed by atoms with Gasteiger partial charge in [0.25, 0.3) is 0 Å². The fraction of sp³-hybridized carbons (Fsp3) is 0.179. The maximum absolute atomic E-state index is 14.0. The summed E-state index contributed by atoms with van der Waals surface area (Å²) in [6, 6.07) is 23.0. The molecule has 4 aromatic rings. The molecule has 1 N–H and O–H groups in total. The molecule has 1 saturated heterocycles. The van der Waals surface area contributed by atoms with Crippen LogP contribution in [0.4, 0.5) is 15.1 Å². The fourth-order valence-corrected chi connectivity index (χ4v) is 4.25. The second kappa shape index (κ2) is 10.3. The predicted molar refractivity (Wildman–Crippen MR) is 133 cm³/mol. The van der Waals surface area contributed by atoms with Gasteiger partial charge in [-0.3, -0.25) is 10.2 Å². The molecule has 1 aromatic heterocycles. The van der Waals surface area contributed by atoms with Gasteiger partial charge in [-0.2, -0.15) is 5.26 Å². The first-order valence-corrected chi connectivity index (χ1v) is 11.5. The molecule has 0 bridgehead atoms. The molecule has 1 atom stereocenters. The number of hydrogen-bond acceptors (Lipinski definition) is 5. The Morgan fingerprint density at radius 2 is 1.75 bits per heavy atom. The summed E-state index contributed by atoms with van der Waals surface area (Å²) in [5, 5.41) is 16.9. The number of fused-ring (bicyclic) bond motifs is 1. The molecule has 36 heavy (non-hydrogen) atoms. The summed E-state index contributed by atoms with van der Waals surface area (Å²) in [5.41, 5.74) is 1.97. The second-order valence-corrected chi connectivity index (χ2v) is 8.34. The molecule has 7 nitrogen and oxygen atoms in total. The summed E-state index contributed by atoms with van der Waals surface area (Å²) >= 11 is 0. The average molecular weight is 480 g/mol. The SMILES string of the molecule is N#Cc1c(F)cccc1C#CC(c1ccccc1)N1CCN(C(=O)Nc2onc3ccccc23)CC1. The van der Waals surface area contributed by atoms with Crippen LogP contribution in [0.1, 0.15) is 22.7 Å². The summed E-state index contributed by atoms with van der Waals surface area (Å²) in [4.78, 5) is 16.8. The van der Waals surface area contributed by atoms with Crippen LogP contribution in [0.3, 0.4) is 0 Å². The van der Waals surface area contributed by atoms with E-state index in [-0.39, 0.29) is 17.6 Å². The summed E-state index contributed by atoms with van der Waals surface area (Å²) < 4.78 is 19.3. The number of urea groups is 1. The highest BCUT2D eigenvalue weighted by Gasteiger charge is 2.27. The number of carbonyl (C=O) groups is 1. The lowest BCUT2D eigenvalue weighted by Gasteiger charge is -2.37. The number of nitriles is 1. The molecule has 2 heterocycles. The number of carbonyl (C=O) groups excluding carboxylic acids is 1. The zero-order chi connectivity index (χ0) is 24.9. The summed E-state index contributed by atoms with van der Waals surface area (Å²) in [7, 11) is 0. The third-order valence-corrected chi connectivity index (χ3v) is 6.16. The number of hydrogen-bond donors (Lipinski definition) is 1. The lowest BCUT2D eigenvalue weighted by molar-refractivity contribution is 0.131. The molecule has 2 amide bonds. The zero-order valence-corrected chi connectivity index (χ0v) is 19.3. The second-order valence-electron chi connectivity index (χ2n) is 8.34. The first-order chi connectivity index (χ1) is 17.6. The van der Waals surface area contributed by atoms with Crippen LogP contribution in [0.15, 0.2) is 77.3 Å². The molecule has 1 unspecified atom stereocenters. The molecule has 0 saturated carbocycles. The van der Waals surface area contributed by atoms with Gasteiger partial charge in [0.2, 0.25) is 5.88 Å². The normalized spacial score (nSPS) is 14.5. The van der Waals surface area contributed by atoms with Gasteiger partial charge < -0.3 is 9.42 Å². The third kappa shape index (κ3) is 4.76. The summed E-state index contributed by atoms with van der Waals surface area (Å²) in [5.74, 6) is 6.00. The van der Waals surface area contributed by atoms with Gasteiger partial charge in [-0.05, 0) is 29.8 Å². The molecular weight excluding hydrogens is 457 g/mol. The molecular formula is C28H22FN5O2. The quantitative estimate of drug-likeness (QED) is 0.428. The van der Waals surface area contributed by atoms with Crippen LogP contribution < -0.4 is 5.32 Å². The van der Waals surface area contributed by atoms with Gasteiger partial charge in [-0.25, -0.2) is 9.18 Å². The third-order valence-electron chi connectivity index (χ3n) is 6.16. The topological polar surface area (TPSA) is 85.4 Å². The summed E-state index contributed by atoms with van der Waals surface area (Å²) in [6.45, 7) is 2.17. The standard InChI is InChI=1S/C28H22FN5O2/c29-24-11-6-9-20(23(24)19-30)13-14-26(21-7-2-1-3-8-21)33-15-17-34(18-16-33)28(35)31-27-22-10-4-5-12-25(22)32-36-27/h1-12,26H,15-18H2,(H,31,35). The highest BCUT2D eigenvalue weighted by molar-refractivity contribution is 5.97. The van der Waals surface area contributed by atoms with Crippen molar-refractivity contribution in [1.82, 2.24) is 15.0 Å². The van der Waals surface area contributed by atoms with Gasteiger partial charge in [0.1, 0.15) is 23.0 Å². The molecule has 1 aliphatic heterocycles. The van der Waals surface area contributed by atoms with Crippen molar-refractivity contribution >= 4 is 22.8 Å². The van der Waals surface area contributed by atoms with Gasteiger partial charge in [-0.15, -0.1) is 0 Å². The lowest BCUT2D eigenvalue weighted by atomic mass is 10.0. The van der Waals surface area contributed by atoms with E-state index in [0.29, 0.717) is 43.1 Å². The number of halogens is 1. The van der Waals surface area contributed by atoms with E-state index in [2.05, 4.69) is 27.2 Å². The minimum Gasteiger partial charge on any atom is -0.337 e. The number of nitrogens with zero attached hydrogens (tertiary/aromatic N) is 4. The van der Waals surface area contributed by atoms with Gasteiger partial charge in [0.15, 0.2) is 0 Å². The van der Waals surface area contributed by atoms with Crippen molar-refractivity contribution < 1.29 is 13.7 Å². The van der Waals surface area contributed by atoms with Crippen LogP contribution in [0.2, 0.25) is 0 Å². The Labute approximate surface area is 207 Å². The fourth-order valence-electron chi connectivity index (χ4n) is 4.25. The largest absolute Gasteiger partial charge is 0.337 e. The molecule has 0 spiro atoms. The Hall–Kier alpha value is -4.66. The van der Waals surface area contributed by atoms with E-state index >= 15 is 0 Å². The van der Waals surface area contributed by atoms with Crippen LogP contribution in [0, 0.1) is 29.0 Å². The van der Waals surface area contributed by atoms with Crippen molar-refractivity contribution in [3.05, 3.63) is 95.3 Å². The highest BCUT2D eigenvalue weighted by Crippen LogP contribution is 2.25. The van der Waals surface area contributed by atoms with Crippen LogP contribution in [0.25, 0.3) is 10.9 Å². The van der Waals surface area contributed by atoms with Crippen LogP contribution in [-0.4, -0.2) is 47.2 Å². The number of amides is 2. The Balaban J connectivity index is 1.31. The first-order valence-electron chi connectivity index (χ1n) is 11.5. The lowest BCUT2D eigenvalue weighted by Crippen LogP contribution is -2.50. The molecule has 178 valence electrons. The highest BCUT2D eigenvalue weighted by atomic mass is 19.1. The number of rotatable bonds is 3. The van der Waals surface area contributed by atoms with Gasteiger partial charge in [-0.1, -0.05) is 65.5 Å². The molecule has 5 rings (SSSR count). The van der Waals surface area contributed by atoms with E-state index in [1.807, 2.05) is 60.7 Å². The van der Waals surface area contributed by atoms with Crippen molar-refractivity contribution in [2.45, 2.75) is 6.04 Å². The molecule has 0 radical (unpaired) electrons. The maximum atomic E-state index is 14.0. The number of piperazine rings is 1. The van der Waals surface area contributed by atoms with Crippen LogP contribution in [-0.2, 0) is 0 Å². The molecule has 1 aliphatic rings. The van der Waals surface area contributed by atoms with Crippen molar-refractivity contribution in [1.29, 1.82) is 5.26 Å². The predicted octanol–water partition coefficient (Wildman–Crippen LogP) is 4.78. The monoisotopic (exact) mass is 479 g/mol. The van der Waals surface area contributed by atoms with E-state index in [9.17, 15) is 14.4 Å². The van der Waals surface area contributed by atoms with E-state index in [1.165, 1.54) is 6.07 Å². The maximum Gasteiger partial charge on any atom is 0.324 e. The average Bonchev–Trinajstić information content (AvgIpc) is 3.32. The van der Waals surface area contributed by atoms with Gasteiger partial charge in [0, 0.05) is 31.7 Å². The minimum absolute atomic E-state index is 0.0572. The van der Waals surface area contributed by atoms with Crippen molar-refractivity contribution in [3.8, 4) is 17.9 Å². The summed E-state index contributed by atoms with van der Waals surface area (Å²) in [6.07, 6.45) is 0. The smallest absolute Gasteiger partial charge is 0.324 e.